The van der Waals surface area contributed by atoms with Crippen LogP contribution in [0.15, 0.2) is 89.4 Å². The Balaban J connectivity index is 0.747. The number of phenolic OH excluding ortho intramolecular Hbond substituents is 1. The quantitative estimate of drug-likeness (QED) is 0.0920. The molecule has 2 saturated heterocycles. The molecule has 3 aliphatic rings. The van der Waals surface area contributed by atoms with Crippen molar-refractivity contribution in [3.8, 4) is 33.4 Å². The molecule has 0 bridgehead atoms. The van der Waals surface area contributed by atoms with Crippen LogP contribution < -0.4 is 14.8 Å². The molecule has 4 heterocycles. The number of unbranched alkanes of at least 4 members (excludes halogenated alkanes) is 1. The number of ether oxygens (including phenoxy) is 2. The Kier molecular flexibility index (Phi) is 11.6. The van der Waals surface area contributed by atoms with E-state index in [1.165, 1.54) is 0 Å². The maximum Gasteiger partial charge on any atom is 0.255 e. The zero-order valence-corrected chi connectivity index (χ0v) is 33.8. The van der Waals surface area contributed by atoms with Crippen molar-refractivity contribution >= 4 is 61.0 Å². The van der Waals surface area contributed by atoms with E-state index in [2.05, 4.69) is 26.1 Å². The third-order valence-corrected chi connectivity index (χ3v) is 12.6. The van der Waals surface area contributed by atoms with Crippen molar-refractivity contribution in [2.45, 2.75) is 51.1 Å². The number of carbonyl (C=O) groups excluding carboxylic acids is 4. The molecule has 57 heavy (non-hydrogen) atoms. The second-order valence-corrected chi connectivity index (χ2v) is 16.7. The summed E-state index contributed by atoms with van der Waals surface area (Å²) in [6.45, 7) is 4.68. The Labute approximate surface area is 343 Å². The standard InChI is InChI=1S/C44H43BrN4O7S/c45-31-8-6-29(7-9-31)42-41(36-16-10-32(50)26-38(36)57-42)56-34-13-11-33(12-14-34)55-24-23-47-19-21-48(22-20-47)40(52)4-2-1-3-28-5-15-35-30(25-28)27-49(44(35)54)37-17-18-39(51)46-43(37)53/h5-16,25-26,37,50H,1-4,17-24,27H2,(H,46,51,53). The van der Waals surface area contributed by atoms with Crippen LogP contribution in [0, 0.1) is 0 Å². The minimum Gasteiger partial charge on any atom is -0.508 e. The first kappa shape index (κ1) is 38.6. The Morgan fingerprint density at radius 3 is 2.44 bits per heavy atom. The first-order valence-electron chi connectivity index (χ1n) is 19.4. The number of fused-ring (bicyclic) bond motifs is 2. The predicted molar refractivity (Wildman–Crippen MR) is 222 cm³/mol. The lowest BCUT2D eigenvalue weighted by molar-refractivity contribution is -0.137. The number of halogens is 1. The van der Waals surface area contributed by atoms with Crippen molar-refractivity contribution in [3.05, 3.63) is 106 Å². The van der Waals surface area contributed by atoms with Gasteiger partial charge in [0.15, 0.2) is 5.75 Å². The number of aryl methyl sites for hydroxylation is 1. The SMILES string of the molecule is O=C1CCC(N2Cc3cc(CCCCC(=O)N4CCN(CCOc5ccc(Oc6c(-c7ccc(Br)cc7)sc7cc(O)ccc67)cc5)CC4)ccc3C2=O)C(=O)N1. The van der Waals surface area contributed by atoms with Crippen molar-refractivity contribution in [1.29, 1.82) is 0 Å². The van der Waals surface area contributed by atoms with Gasteiger partial charge in [0.1, 0.15) is 29.9 Å². The van der Waals surface area contributed by atoms with Gasteiger partial charge in [-0.1, -0.05) is 40.2 Å². The largest absolute Gasteiger partial charge is 0.508 e. The van der Waals surface area contributed by atoms with E-state index in [0.717, 1.165) is 86.5 Å². The van der Waals surface area contributed by atoms with E-state index in [0.29, 0.717) is 50.4 Å². The molecule has 4 amide bonds. The van der Waals surface area contributed by atoms with Gasteiger partial charge in [0, 0.05) is 72.2 Å². The highest BCUT2D eigenvalue weighted by molar-refractivity contribution is 9.10. The summed E-state index contributed by atoms with van der Waals surface area (Å²) >= 11 is 5.09. The van der Waals surface area contributed by atoms with Crippen molar-refractivity contribution < 1.29 is 33.8 Å². The van der Waals surface area contributed by atoms with Gasteiger partial charge in [-0.2, -0.15) is 0 Å². The lowest BCUT2D eigenvalue weighted by Crippen LogP contribution is -2.52. The second-order valence-electron chi connectivity index (χ2n) is 14.7. The zero-order valence-electron chi connectivity index (χ0n) is 31.4. The van der Waals surface area contributed by atoms with Gasteiger partial charge in [-0.25, -0.2) is 0 Å². The molecule has 294 valence electrons. The summed E-state index contributed by atoms with van der Waals surface area (Å²) < 4.78 is 14.5. The van der Waals surface area contributed by atoms with Crippen LogP contribution >= 0.6 is 27.3 Å². The van der Waals surface area contributed by atoms with E-state index in [-0.39, 0.29) is 29.9 Å². The summed E-state index contributed by atoms with van der Waals surface area (Å²) in [5.74, 6) is 1.74. The number of piperidine rings is 1. The van der Waals surface area contributed by atoms with Gasteiger partial charge in [0.05, 0.1) is 4.88 Å². The number of piperazine rings is 1. The molecule has 13 heteroatoms. The van der Waals surface area contributed by atoms with E-state index < -0.39 is 11.9 Å². The van der Waals surface area contributed by atoms with Gasteiger partial charge < -0.3 is 24.4 Å². The molecular formula is C44H43BrN4O7S. The molecule has 2 N–H and O–H groups in total. The number of hydrogen-bond acceptors (Lipinski definition) is 9. The number of aromatic hydroxyl groups is 1. The number of benzene rings is 4. The van der Waals surface area contributed by atoms with Gasteiger partial charge in [0.2, 0.25) is 17.7 Å². The maximum atomic E-state index is 13.0. The number of carbonyl (C=O) groups is 4. The first-order valence-corrected chi connectivity index (χ1v) is 21.0. The minimum atomic E-state index is -0.617. The molecule has 2 fully saturated rings. The minimum absolute atomic E-state index is 0.166. The molecule has 0 radical (unpaired) electrons. The van der Waals surface area contributed by atoms with Gasteiger partial charge >= 0.3 is 0 Å². The lowest BCUT2D eigenvalue weighted by atomic mass is 10.0. The maximum absolute atomic E-state index is 13.0. The van der Waals surface area contributed by atoms with Gasteiger partial charge in [0.25, 0.3) is 5.91 Å². The number of rotatable bonds is 13. The molecule has 5 aromatic rings. The molecule has 0 aliphatic carbocycles. The molecule has 11 nitrogen and oxygen atoms in total. The van der Waals surface area contributed by atoms with E-state index in [1.54, 1.807) is 28.4 Å². The molecule has 8 rings (SSSR count). The second kappa shape index (κ2) is 17.1. The van der Waals surface area contributed by atoms with Crippen molar-refractivity contribution in [2.24, 2.45) is 0 Å². The Morgan fingerprint density at radius 2 is 1.67 bits per heavy atom. The molecule has 3 aliphatic heterocycles. The third kappa shape index (κ3) is 8.85. The number of amides is 4. The molecule has 0 saturated carbocycles. The average Bonchev–Trinajstić information content (AvgIpc) is 3.73. The predicted octanol–water partition coefficient (Wildman–Crippen LogP) is 7.53. The zero-order chi connectivity index (χ0) is 39.5. The monoisotopic (exact) mass is 850 g/mol. The Hall–Kier alpha value is -5.24. The first-order chi connectivity index (χ1) is 27.7. The molecule has 4 aromatic carbocycles. The van der Waals surface area contributed by atoms with Gasteiger partial charge in [-0.15, -0.1) is 11.3 Å². The van der Waals surface area contributed by atoms with E-state index in [9.17, 15) is 24.3 Å². The summed E-state index contributed by atoms with van der Waals surface area (Å²) in [6, 6.07) is 26.3. The summed E-state index contributed by atoms with van der Waals surface area (Å²) in [4.78, 5) is 56.7. The highest BCUT2D eigenvalue weighted by atomic mass is 79.9. The smallest absolute Gasteiger partial charge is 0.255 e. The fraction of sp³-hybridized carbons (Fsp3) is 0.318. The van der Waals surface area contributed by atoms with Crippen LogP contribution in [0.4, 0.5) is 0 Å². The molecule has 1 atom stereocenters. The molecule has 1 unspecified atom stereocenters. The summed E-state index contributed by atoms with van der Waals surface area (Å²) in [7, 11) is 0. The Bertz CT molecular complexity index is 2300. The van der Waals surface area contributed by atoms with Gasteiger partial charge in [-0.3, -0.25) is 29.4 Å². The van der Waals surface area contributed by atoms with Crippen LogP contribution in [-0.2, 0) is 27.3 Å². The molecule has 0 spiro atoms. The fourth-order valence-corrected chi connectivity index (χ4v) is 9.17. The van der Waals surface area contributed by atoms with E-state index in [1.807, 2.05) is 77.7 Å². The van der Waals surface area contributed by atoms with Crippen molar-refractivity contribution in [1.82, 2.24) is 20.0 Å². The normalized spacial score (nSPS) is 17.2. The number of phenols is 1. The fourth-order valence-electron chi connectivity index (χ4n) is 7.74. The number of nitrogens with zero attached hydrogens (tertiary/aromatic N) is 3. The topological polar surface area (TPSA) is 129 Å². The van der Waals surface area contributed by atoms with Crippen LogP contribution in [0.3, 0.4) is 0 Å². The third-order valence-electron chi connectivity index (χ3n) is 10.9. The number of nitrogens with one attached hydrogen (secondary N) is 1. The highest BCUT2D eigenvalue weighted by Crippen LogP contribution is 2.47. The van der Waals surface area contributed by atoms with Crippen LogP contribution in [0.25, 0.3) is 20.5 Å². The summed E-state index contributed by atoms with van der Waals surface area (Å²) in [5.41, 5.74) is 3.67. The van der Waals surface area contributed by atoms with Crippen LogP contribution in [0.2, 0.25) is 0 Å². The average molecular weight is 852 g/mol. The number of thiophene rings is 1. The van der Waals surface area contributed by atoms with Gasteiger partial charge in [-0.05, 0) is 103 Å². The van der Waals surface area contributed by atoms with Crippen LogP contribution in [-0.4, -0.2) is 88.8 Å². The van der Waals surface area contributed by atoms with E-state index >= 15 is 0 Å². The van der Waals surface area contributed by atoms with Crippen LogP contribution in [0.5, 0.6) is 23.0 Å². The van der Waals surface area contributed by atoms with Crippen molar-refractivity contribution in [3.63, 3.8) is 0 Å². The highest BCUT2D eigenvalue weighted by Gasteiger charge is 2.39. The summed E-state index contributed by atoms with van der Waals surface area (Å²) in [6.07, 6.45) is 3.55. The number of hydrogen-bond donors (Lipinski definition) is 2. The van der Waals surface area contributed by atoms with Crippen molar-refractivity contribution in [2.75, 3.05) is 39.3 Å². The molecule has 1 aromatic heterocycles. The molecular weight excluding hydrogens is 808 g/mol. The van der Waals surface area contributed by atoms with E-state index in [4.69, 9.17) is 9.47 Å². The summed E-state index contributed by atoms with van der Waals surface area (Å²) in [5, 5.41) is 13.4. The lowest BCUT2D eigenvalue weighted by Gasteiger charge is -2.34. The number of imide groups is 1. The van der Waals surface area contributed by atoms with Crippen LogP contribution in [0.1, 0.15) is 53.6 Å². The Morgan fingerprint density at radius 1 is 0.895 bits per heavy atom.